The van der Waals surface area contributed by atoms with Gasteiger partial charge in [-0.25, -0.2) is 4.98 Å². The Labute approximate surface area is 187 Å². The minimum absolute atomic E-state index is 0.129. The van der Waals surface area contributed by atoms with Gasteiger partial charge in [0.05, 0.1) is 30.5 Å². The fourth-order valence-corrected chi connectivity index (χ4v) is 4.33. The number of carbonyl (C=O) groups is 1. The molecule has 0 radical (unpaired) electrons. The second-order valence-corrected chi connectivity index (χ2v) is 7.87. The minimum Gasteiger partial charge on any atom is -0.493 e. The Morgan fingerprint density at radius 3 is 2.84 bits per heavy atom. The van der Waals surface area contributed by atoms with Gasteiger partial charge in [0.15, 0.2) is 16.6 Å². The van der Waals surface area contributed by atoms with Crippen LogP contribution in [0.25, 0.3) is 16.3 Å². The van der Waals surface area contributed by atoms with Crippen molar-refractivity contribution >= 4 is 44.4 Å². The Balaban J connectivity index is 1.47. The summed E-state index contributed by atoms with van der Waals surface area (Å²) in [6, 6.07) is 10.2. The summed E-state index contributed by atoms with van der Waals surface area (Å²) in [7, 11) is 1.36. The molecule has 0 bridgehead atoms. The molecule has 1 fully saturated rings. The van der Waals surface area contributed by atoms with Crippen LogP contribution in [0.3, 0.4) is 0 Å². The van der Waals surface area contributed by atoms with Gasteiger partial charge in [-0.1, -0.05) is 23.5 Å². The average molecular weight is 461 g/mol. The number of aromatic nitrogens is 1. The first kappa shape index (κ1) is 22.0. The van der Waals surface area contributed by atoms with E-state index < -0.39 is 12.5 Å². The number of thiazole rings is 1. The molecule has 1 aliphatic heterocycles. The molecule has 0 atom stereocenters. The number of nitrogens with zero attached hydrogens (tertiary/aromatic N) is 2. The first-order chi connectivity index (χ1) is 15.5. The normalized spacial score (nSPS) is 14.3. The molecule has 1 saturated heterocycles. The molecule has 0 spiro atoms. The predicted molar refractivity (Wildman–Crippen MR) is 120 cm³/mol. The molecule has 2 heterocycles. The van der Waals surface area contributed by atoms with Crippen LogP contribution in [-0.4, -0.2) is 50.9 Å². The van der Waals surface area contributed by atoms with Crippen molar-refractivity contribution in [3.05, 3.63) is 48.0 Å². The quantitative estimate of drug-likeness (QED) is 0.526. The van der Waals surface area contributed by atoms with Gasteiger partial charge in [0.2, 0.25) is 5.91 Å². The molecular formula is C22H21F2N3O4S. The monoisotopic (exact) mass is 461 g/mol. The van der Waals surface area contributed by atoms with E-state index >= 15 is 0 Å². The SMILES string of the molecule is COc1cccc(/C=C/C(=O)Nc2ccc3nc(N4CCOCC4)sc3c2)c1OC(F)F. The minimum atomic E-state index is -3.01. The molecule has 168 valence electrons. The van der Waals surface area contributed by atoms with Gasteiger partial charge in [0.1, 0.15) is 0 Å². The van der Waals surface area contributed by atoms with E-state index in [1.807, 2.05) is 12.1 Å². The standard InChI is InChI=1S/C22H21F2N3O4S/c1-29-17-4-2-3-14(20(17)31-21(23)24)5-8-19(28)25-15-6-7-16-18(13-15)32-22(26-16)27-9-11-30-12-10-27/h2-8,13,21H,9-12H2,1H3,(H,25,28)/b8-5+. The number of anilines is 2. The number of hydrogen-bond acceptors (Lipinski definition) is 7. The van der Waals surface area contributed by atoms with Gasteiger partial charge in [0.25, 0.3) is 0 Å². The molecule has 1 amide bonds. The van der Waals surface area contributed by atoms with Crippen molar-refractivity contribution < 1.29 is 27.8 Å². The summed E-state index contributed by atoms with van der Waals surface area (Å²) < 4.78 is 41.5. The lowest BCUT2D eigenvalue weighted by molar-refractivity contribution is -0.111. The number of fused-ring (bicyclic) bond motifs is 1. The van der Waals surface area contributed by atoms with Crippen molar-refractivity contribution in [1.29, 1.82) is 0 Å². The van der Waals surface area contributed by atoms with Crippen LogP contribution >= 0.6 is 11.3 Å². The molecule has 32 heavy (non-hydrogen) atoms. The highest BCUT2D eigenvalue weighted by Crippen LogP contribution is 2.34. The number of alkyl halides is 2. The molecule has 0 unspecified atom stereocenters. The van der Waals surface area contributed by atoms with Crippen LogP contribution in [0, 0.1) is 0 Å². The van der Waals surface area contributed by atoms with Crippen LogP contribution in [0.5, 0.6) is 11.5 Å². The van der Waals surface area contributed by atoms with E-state index in [9.17, 15) is 13.6 Å². The van der Waals surface area contributed by atoms with Gasteiger partial charge in [-0.2, -0.15) is 8.78 Å². The van der Waals surface area contributed by atoms with Crippen LogP contribution in [0.15, 0.2) is 42.5 Å². The fraction of sp³-hybridized carbons (Fsp3) is 0.273. The Morgan fingerprint density at radius 1 is 1.28 bits per heavy atom. The second kappa shape index (κ2) is 9.92. The summed E-state index contributed by atoms with van der Waals surface area (Å²) in [5, 5.41) is 3.71. The van der Waals surface area contributed by atoms with Crippen molar-refractivity contribution in [1.82, 2.24) is 4.98 Å². The number of morpholine rings is 1. The maximum absolute atomic E-state index is 12.8. The molecule has 2 aromatic carbocycles. The van der Waals surface area contributed by atoms with E-state index in [2.05, 4.69) is 19.9 Å². The predicted octanol–water partition coefficient (Wildman–Crippen LogP) is 4.39. The number of carbonyl (C=O) groups excluding carboxylic acids is 1. The number of nitrogens with one attached hydrogen (secondary N) is 1. The topological polar surface area (TPSA) is 72.9 Å². The molecule has 0 aliphatic carbocycles. The Morgan fingerprint density at radius 2 is 2.09 bits per heavy atom. The van der Waals surface area contributed by atoms with Gasteiger partial charge in [-0.05, 0) is 30.3 Å². The van der Waals surface area contributed by atoms with E-state index in [0.29, 0.717) is 24.5 Å². The van der Waals surface area contributed by atoms with Gasteiger partial charge in [0, 0.05) is 30.4 Å². The van der Waals surface area contributed by atoms with Crippen molar-refractivity contribution in [2.75, 3.05) is 43.6 Å². The highest BCUT2D eigenvalue weighted by molar-refractivity contribution is 7.22. The third-order valence-electron chi connectivity index (χ3n) is 4.78. The summed E-state index contributed by atoms with van der Waals surface area (Å²) in [6.45, 7) is -0.0476. The Kier molecular flexibility index (Phi) is 6.81. The smallest absolute Gasteiger partial charge is 0.387 e. The lowest BCUT2D eigenvalue weighted by atomic mass is 10.1. The zero-order chi connectivity index (χ0) is 22.5. The molecule has 4 rings (SSSR count). The largest absolute Gasteiger partial charge is 0.493 e. The number of hydrogen-bond donors (Lipinski definition) is 1. The zero-order valence-electron chi connectivity index (χ0n) is 17.2. The van der Waals surface area contributed by atoms with E-state index in [1.165, 1.54) is 25.3 Å². The van der Waals surface area contributed by atoms with Crippen LogP contribution in [-0.2, 0) is 9.53 Å². The van der Waals surface area contributed by atoms with E-state index in [0.717, 1.165) is 28.4 Å². The number of amides is 1. The molecular weight excluding hydrogens is 440 g/mol. The van der Waals surface area contributed by atoms with Gasteiger partial charge < -0.3 is 24.4 Å². The number of methoxy groups -OCH3 is 1. The van der Waals surface area contributed by atoms with Crippen LogP contribution in [0.2, 0.25) is 0 Å². The number of halogens is 2. The van der Waals surface area contributed by atoms with Crippen molar-refractivity contribution in [3.8, 4) is 11.5 Å². The van der Waals surface area contributed by atoms with Crippen LogP contribution < -0.4 is 19.7 Å². The van der Waals surface area contributed by atoms with E-state index in [-0.39, 0.29) is 11.5 Å². The first-order valence-electron chi connectivity index (χ1n) is 9.87. The fourth-order valence-electron chi connectivity index (χ4n) is 3.27. The van der Waals surface area contributed by atoms with Gasteiger partial charge in [-0.3, -0.25) is 4.79 Å². The Hall–Kier alpha value is -3.24. The van der Waals surface area contributed by atoms with E-state index in [1.54, 1.807) is 29.5 Å². The third-order valence-corrected chi connectivity index (χ3v) is 5.86. The molecule has 7 nitrogen and oxygen atoms in total. The summed E-state index contributed by atoms with van der Waals surface area (Å²) >= 11 is 1.56. The maximum atomic E-state index is 12.8. The third kappa shape index (κ3) is 5.14. The molecule has 1 aliphatic rings. The second-order valence-electron chi connectivity index (χ2n) is 6.86. The first-order valence-corrected chi connectivity index (χ1v) is 10.7. The summed E-state index contributed by atoms with van der Waals surface area (Å²) in [4.78, 5) is 19.3. The van der Waals surface area contributed by atoms with Crippen LogP contribution in [0.1, 0.15) is 5.56 Å². The van der Waals surface area contributed by atoms with Crippen LogP contribution in [0.4, 0.5) is 19.6 Å². The zero-order valence-corrected chi connectivity index (χ0v) is 18.0. The van der Waals surface area contributed by atoms with Gasteiger partial charge in [-0.15, -0.1) is 0 Å². The van der Waals surface area contributed by atoms with Crippen molar-refractivity contribution in [3.63, 3.8) is 0 Å². The Bertz CT molecular complexity index is 1130. The number of rotatable bonds is 7. The molecule has 0 saturated carbocycles. The van der Waals surface area contributed by atoms with Gasteiger partial charge >= 0.3 is 6.61 Å². The number of ether oxygens (including phenoxy) is 3. The molecule has 3 aromatic rings. The molecule has 1 N–H and O–H groups in total. The summed E-state index contributed by atoms with van der Waals surface area (Å²) in [5.41, 5.74) is 1.77. The summed E-state index contributed by atoms with van der Waals surface area (Å²) in [6.07, 6.45) is 2.65. The lowest BCUT2D eigenvalue weighted by Crippen LogP contribution is -2.36. The highest BCUT2D eigenvalue weighted by atomic mass is 32.1. The average Bonchev–Trinajstić information content (AvgIpc) is 3.22. The highest BCUT2D eigenvalue weighted by Gasteiger charge is 2.16. The van der Waals surface area contributed by atoms with E-state index in [4.69, 9.17) is 9.47 Å². The number of benzene rings is 2. The molecule has 1 aromatic heterocycles. The number of para-hydroxylation sites is 1. The summed E-state index contributed by atoms with van der Waals surface area (Å²) in [5.74, 6) is -0.386. The lowest BCUT2D eigenvalue weighted by Gasteiger charge is -2.25. The van der Waals surface area contributed by atoms with Crippen molar-refractivity contribution in [2.24, 2.45) is 0 Å². The molecule has 10 heteroatoms. The van der Waals surface area contributed by atoms with Crippen molar-refractivity contribution in [2.45, 2.75) is 6.61 Å². The maximum Gasteiger partial charge on any atom is 0.387 e.